The lowest BCUT2D eigenvalue weighted by atomic mass is 9.71. The van der Waals surface area contributed by atoms with Crippen molar-refractivity contribution in [3.05, 3.63) is 83.1 Å². The summed E-state index contributed by atoms with van der Waals surface area (Å²) in [4.78, 5) is 12.8. The van der Waals surface area contributed by atoms with Crippen LogP contribution in [0.15, 0.2) is 71.9 Å². The Kier molecular flexibility index (Phi) is 4.29. The molecule has 0 unspecified atom stereocenters. The van der Waals surface area contributed by atoms with Crippen molar-refractivity contribution >= 4 is 5.97 Å². The average molecular weight is 349 g/mol. The van der Waals surface area contributed by atoms with E-state index in [0.29, 0.717) is 12.2 Å². The molecule has 1 fully saturated rings. The van der Waals surface area contributed by atoms with Crippen LogP contribution in [0.3, 0.4) is 0 Å². The summed E-state index contributed by atoms with van der Waals surface area (Å²) >= 11 is 0. The van der Waals surface area contributed by atoms with Gasteiger partial charge in [-0.05, 0) is 25.0 Å². The third-order valence-electron chi connectivity index (χ3n) is 5.30. The lowest BCUT2D eigenvalue weighted by Crippen LogP contribution is -2.37. The summed E-state index contributed by atoms with van der Waals surface area (Å²) in [6, 6.07) is 20.3. The molecule has 4 heteroatoms. The molecule has 0 aliphatic carbocycles. The number of hydrogen-bond donors (Lipinski definition) is 1. The fraction of sp³-hybridized carbons (Fsp3) is 0.318. The van der Waals surface area contributed by atoms with Gasteiger partial charge in [0.15, 0.2) is 0 Å². The Hall–Kier alpha value is -2.59. The number of hydrogen-bond acceptors (Lipinski definition) is 4. The van der Waals surface area contributed by atoms with E-state index in [2.05, 4.69) is 29.6 Å². The summed E-state index contributed by atoms with van der Waals surface area (Å²) in [5.41, 5.74) is 2.93. The van der Waals surface area contributed by atoms with Crippen LogP contribution in [0.1, 0.15) is 31.4 Å². The first-order chi connectivity index (χ1) is 12.7. The number of carbonyl (C=O) groups is 1. The molecule has 2 aliphatic rings. The van der Waals surface area contributed by atoms with Crippen LogP contribution in [-0.2, 0) is 19.9 Å². The van der Waals surface area contributed by atoms with E-state index in [9.17, 15) is 4.79 Å². The molecule has 1 saturated heterocycles. The molecule has 0 radical (unpaired) electrons. The second-order valence-corrected chi connectivity index (χ2v) is 6.77. The highest BCUT2D eigenvalue weighted by Gasteiger charge is 2.56. The van der Waals surface area contributed by atoms with Gasteiger partial charge in [0.2, 0.25) is 0 Å². The molecule has 2 bridgehead atoms. The summed E-state index contributed by atoms with van der Waals surface area (Å²) in [5.74, 6) is -0.361. The van der Waals surface area contributed by atoms with Gasteiger partial charge in [-0.15, -0.1) is 0 Å². The van der Waals surface area contributed by atoms with E-state index in [1.54, 1.807) is 0 Å². The van der Waals surface area contributed by atoms with Crippen molar-refractivity contribution in [2.75, 3.05) is 6.61 Å². The zero-order valence-electron chi connectivity index (χ0n) is 15.1. The predicted molar refractivity (Wildman–Crippen MR) is 99.1 cm³/mol. The van der Waals surface area contributed by atoms with E-state index < -0.39 is 5.60 Å². The molecule has 2 aliphatic heterocycles. The van der Waals surface area contributed by atoms with Crippen LogP contribution in [0.25, 0.3) is 0 Å². The molecule has 2 aromatic carbocycles. The van der Waals surface area contributed by atoms with E-state index in [1.807, 2.05) is 50.2 Å². The maximum atomic E-state index is 12.8. The number of carbonyl (C=O) groups excluding carboxylic acids is 1. The Morgan fingerprint density at radius 1 is 1.12 bits per heavy atom. The second-order valence-electron chi connectivity index (χ2n) is 6.77. The van der Waals surface area contributed by atoms with E-state index in [4.69, 9.17) is 9.47 Å². The van der Waals surface area contributed by atoms with E-state index in [1.165, 1.54) is 0 Å². The second kappa shape index (κ2) is 6.61. The zero-order valence-corrected chi connectivity index (χ0v) is 15.1. The number of esters is 1. The van der Waals surface area contributed by atoms with Gasteiger partial charge in [0.25, 0.3) is 0 Å². The van der Waals surface area contributed by atoms with Gasteiger partial charge in [-0.2, -0.15) is 0 Å². The van der Waals surface area contributed by atoms with Crippen LogP contribution in [0, 0.1) is 5.92 Å². The molecule has 0 aromatic heterocycles. The Morgan fingerprint density at radius 2 is 1.69 bits per heavy atom. The summed E-state index contributed by atoms with van der Waals surface area (Å²) in [6.07, 6.45) is 0.605. The van der Waals surface area contributed by atoms with Gasteiger partial charge in [-0.25, -0.2) is 4.79 Å². The number of nitrogens with one attached hydrogen (secondary N) is 1. The van der Waals surface area contributed by atoms with Crippen molar-refractivity contribution < 1.29 is 14.3 Å². The molecule has 2 heterocycles. The van der Waals surface area contributed by atoms with Crippen molar-refractivity contribution in [2.24, 2.45) is 5.92 Å². The highest BCUT2D eigenvalue weighted by atomic mass is 16.5. The molecular weight excluding hydrogens is 326 g/mol. The van der Waals surface area contributed by atoms with Crippen molar-refractivity contribution in [1.29, 1.82) is 0 Å². The van der Waals surface area contributed by atoms with Crippen molar-refractivity contribution in [3.63, 3.8) is 0 Å². The fourth-order valence-corrected chi connectivity index (χ4v) is 4.31. The van der Waals surface area contributed by atoms with Gasteiger partial charge in [-0.3, -0.25) is 0 Å². The molecular formula is C22H23NO3. The van der Waals surface area contributed by atoms with Crippen LogP contribution < -0.4 is 5.32 Å². The summed E-state index contributed by atoms with van der Waals surface area (Å²) in [5, 5.41) is 3.35. The molecule has 0 saturated carbocycles. The first-order valence-electron chi connectivity index (χ1n) is 9.10. The van der Waals surface area contributed by atoms with E-state index >= 15 is 0 Å². The number of allylic oxidation sites excluding steroid dienone is 1. The highest BCUT2D eigenvalue weighted by Crippen LogP contribution is 2.53. The van der Waals surface area contributed by atoms with Crippen LogP contribution in [-0.4, -0.2) is 18.8 Å². The zero-order chi connectivity index (χ0) is 18.1. The first-order valence-corrected chi connectivity index (χ1v) is 9.10. The Morgan fingerprint density at radius 3 is 2.23 bits per heavy atom. The standard InChI is InChI=1S/C22H23NO3/c1-3-25-21(24)20-15(2)23-19-14-18(20)22(26-19,16-10-6-4-7-11-16)17-12-8-5-9-13-17/h4-13,18-19,23H,3,14H2,1-2H3/t18-,19+/m1/s1. The fourth-order valence-electron chi connectivity index (χ4n) is 4.31. The van der Waals surface area contributed by atoms with Gasteiger partial charge < -0.3 is 14.8 Å². The van der Waals surface area contributed by atoms with Crippen LogP contribution >= 0.6 is 0 Å². The normalized spacial score (nSPS) is 23.5. The van der Waals surface area contributed by atoms with E-state index in [0.717, 1.165) is 23.2 Å². The molecule has 2 aromatic rings. The Bertz CT molecular complexity index is 789. The van der Waals surface area contributed by atoms with Crippen LogP contribution in [0.5, 0.6) is 0 Å². The van der Waals surface area contributed by atoms with Gasteiger partial charge in [0.1, 0.15) is 11.8 Å². The number of benzene rings is 2. The molecule has 1 N–H and O–H groups in total. The monoisotopic (exact) mass is 349 g/mol. The minimum Gasteiger partial charge on any atom is -0.463 e. The maximum Gasteiger partial charge on any atom is 0.336 e. The predicted octanol–water partition coefficient (Wildman–Crippen LogP) is 3.73. The lowest BCUT2D eigenvalue weighted by molar-refractivity contribution is -0.139. The number of rotatable bonds is 4. The Labute approximate surface area is 153 Å². The van der Waals surface area contributed by atoms with Gasteiger partial charge in [0, 0.05) is 18.0 Å². The van der Waals surface area contributed by atoms with Crippen LogP contribution in [0.2, 0.25) is 0 Å². The quantitative estimate of drug-likeness (QED) is 0.855. The smallest absolute Gasteiger partial charge is 0.336 e. The van der Waals surface area contributed by atoms with Crippen LogP contribution in [0.4, 0.5) is 0 Å². The SMILES string of the molecule is CCOC(=O)C1=C(C)N[C@@H]2C[C@H]1C(c1ccccc1)(c1ccccc1)O2. The van der Waals surface area contributed by atoms with Crippen molar-refractivity contribution in [3.8, 4) is 0 Å². The number of ether oxygens (including phenoxy) is 2. The van der Waals surface area contributed by atoms with Gasteiger partial charge >= 0.3 is 5.97 Å². The molecule has 0 amide bonds. The average Bonchev–Trinajstić information content (AvgIpc) is 2.97. The minimum atomic E-state index is -0.708. The molecule has 0 spiro atoms. The van der Waals surface area contributed by atoms with Gasteiger partial charge in [-0.1, -0.05) is 60.7 Å². The summed E-state index contributed by atoms with van der Waals surface area (Å²) in [7, 11) is 0. The largest absolute Gasteiger partial charge is 0.463 e. The maximum absolute atomic E-state index is 12.8. The topological polar surface area (TPSA) is 47.6 Å². The number of fused-ring (bicyclic) bond motifs is 2. The summed E-state index contributed by atoms with van der Waals surface area (Å²) < 4.78 is 12.0. The minimum absolute atomic E-state index is 0.0994. The first kappa shape index (κ1) is 16.9. The molecule has 4 rings (SSSR count). The Balaban J connectivity index is 1.92. The molecule has 134 valence electrons. The third kappa shape index (κ3) is 2.53. The van der Waals surface area contributed by atoms with Crippen molar-refractivity contribution in [2.45, 2.75) is 32.1 Å². The molecule has 4 nitrogen and oxygen atoms in total. The molecule has 2 atom stereocenters. The summed E-state index contributed by atoms with van der Waals surface area (Å²) in [6.45, 7) is 4.12. The third-order valence-corrected chi connectivity index (χ3v) is 5.30. The van der Waals surface area contributed by atoms with Crippen molar-refractivity contribution in [1.82, 2.24) is 5.32 Å². The highest BCUT2D eigenvalue weighted by molar-refractivity contribution is 5.90. The lowest BCUT2D eigenvalue weighted by Gasteiger charge is -2.35. The van der Waals surface area contributed by atoms with Gasteiger partial charge in [0.05, 0.1) is 12.2 Å². The van der Waals surface area contributed by atoms with E-state index in [-0.39, 0.29) is 18.1 Å². The molecule has 26 heavy (non-hydrogen) atoms.